The Bertz CT molecular complexity index is 400. The zero-order chi connectivity index (χ0) is 17.6. The number of ether oxygens (including phenoxy) is 2. The topological polar surface area (TPSA) is 64.6 Å². The molecule has 0 heterocycles. The van der Waals surface area contributed by atoms with Crippen LogP contribution >= 0.6 is 0 Å². The fourth-order valence-corrected chi connectivity index (χ4v) is 3.16. The van der Waals surface area contributed by atoms with Crippen LogP contribution in [0.3, 0.4) is 0 Å². The number of carbonyl (C=O) groups excluding carboxylic acids is 2. The second-order valence-electron chi connectivity index (χ2n) is 7.89. The number of amides is 1. The Labute approximate surface area is 140 Å². The molecule has 1 N–H and O–H groups in total. The van der Waals surface area contributed by atoms with Crippen LogP contribution in [0.1, 0.15) is 60.3 Å². The van der Waals surface area contributed by atoms with E-state index >= 15 is 0 Å². The molecule has 5 heteroatoms. The molecule has 3 atom stereocenters. The van der Waals surface area contributed by atoms with Gasteiger partial charge < -0.3 is 14.8 Å². The van der Waals surface area contributed by atoms with Crippen molar-refractivity contribution in [1.29, 1.82) is 0 Å². The highest BCUT2D eigenvalue weighted by molar-refractivity contribution is 5.83. The summed E-state index contributed by atoms with van der Waals surface area (Å²) >= 11 is 0. The third-order valence-electron chi connectivity index (χ3n) is 4.50. The molecule has 23 heavy (non-hydrogen) atoms. The summed E-state index contributed by atoms with van der Waals surface area (Å²) < 4.78 is 10.5. The summed E-state index contributed by atoms with van der Waals surface area (Å²) in [4.78, 5) is 24.5. The van der Waals surface area contributed by atoms with Crippen molar-refractivity contribution >= 4 is 11.9 Å². The summed E-state index contributed by atoms with van der Waals surface area (Å²) in [6.07, 6.45) is 2.55. The first-order valence-corrected chi connectivity index (χ1v) is 8.65. The van der Waals surface area contributed by atoms with Crippen LogP contribution in [0.15, 0.2) is 0 Å². The average molecular weight is 327 g/mol. The Balaban J connectivity index is 2.78. The number of alkyl carbamates (subject to hydrolysis) is 1. The molecule has 1 rings (SSSR count). The molecular formula is C18H33NO4. The predicted molar refractivity (Wildman–Crippen MR) is 90.3 cm³/mol. The number of hydrogen-bond acceptors (Lipinski definition) is 4. The van der Waals surface area contributed by atoms with Crippen molar-refractivity contribution in [2.45, 2.75) is 71.9 Å². The van der Waals surface area contributed by atoms with Crippen molar-refractivity contribution in [1.82, 2.24) is 5.32 Å². The fourth-order valence-electron chi connectivity index (χ4n) is 3.16. The van der Waals surface area contributed by atoms with Gasteiger partial charge in [-0.1, -0.05) is 13.8 Å². The Morgan fingerprint density at radius 3 is 2.52 bits per heavy atom. The third kappa shape index (κ3) is 6.90. The predicted octanol–water partition coefficient (Wildman–Crippen LogP) is 3.56. The lowest BCUT2D eigenvalue weighted by atomic mass is 9.72. The van der Waals surface area contributed by atoms with Gasteiger partial charge in [-0.15, -0.1) is 0 Å². The summed E-state index contributed by atoms with van der Waals surface area (Å²) in [7, 11) is 1.63. The molecule has 0 aromatic carbocycles. The van der Waals surface area contributed by atoms with Crippen molar-refractivity contribution < 1.29 is 19.1 Å². The minimum Gasteiger partial charge on any atom is -0.444 e. The van der Waals surface area contributed by atoms with Gasteiger partial charge >= 0.3 is 6.09 Å². The molecule has 3 unspecified atom stereocenters. The van der Waals surface area contributed by atoms with Gasteiger partial charge in [0.05, 0.1) is 0 Å². The molecule has 1 amide bonds. The summed E-state index contributed by atoms with van der Waals surface area (Å²) in [6.45, 7) is 10.4. The molecule has 0 spiro atoms. The van der Waals surface area contributed by atoms with E-state index in [1.165, 1.54) is 0 Å². The van der Waals surface area contributed by atoms with E-state index in [9.17, 15) is 9.59 Å². The second kappa shape index (κ2) is 8.67. The molecule has 1 saturated carbocycles. The Kier molecular flexibility index (Phi) is 7.52. The van der Waals surface area contributed by atoms with Crippen molar-refractivity contribution in [2.24, 2.45) is 17.8 Å². The molecule has 0 saturated heterocycles. The van der Waals surface area contributed by atoms with E-state index in [1.807, 2.05) is 20.8 Å². The largest absolute Gasteiger partial charge is 0.444 e. The number of ketones is 1. The maximum atomic E-state index is 12.4. The summed E-state index contributed by atoms with van der Waals surface area (Å²) in [5.74, 6) is 1.19. The van der Waals surface area contributed by atoms with Crippen LogP contribution < -0.4 is 5.32 Å². The van der Waals surface area contributed by atoms with E-state index in [2.05, 4.69) is 19.2 Å². The summed E-state index contributed by atoms with van der Waals surface area (Å²) in [5.41, 5.74) is -0.549. The summed E-state index contributed by atoms with van der Waals surface area (Å²) in [6, 6.07) is -0.223. The highest BCUT2D eigenvalue weighted by Crippen LogP contribution is 2.34. The van der Waals surface area contributed by atoms with Crippen LogP contribution in [0.4, 0.5) is 4.79 Å². The SMILES string of the molecule is COCCC(NC(=O)OC(C)(C)C)C1CC(C(C)C)CCC1=O. The zero-order valence-electron chi connectivity index (χ0n) is 15.5. The van der Waals surface area contributed by atoms with Crippen LogP contribution in [0.25, 0.3) is 0 Å². The lowest BCUT2D eigenvalue weighted by molar-refractivity contribution is -0.127. The quantitative estimate of drug-likeness (QED) is 0.810. The van der Waals surface area contributed by atoms with E-state index in [1.54, 1.807) is 7.11 Å². The highest BCUT2D eigenvalue weighted by atomic mass is 16.6. The maximum Gasteiger partial charge on any atom is 0.407 e. The van der Waals surface area contributed by atoms with Gasteiger partial charge in [0.15, 0.2) is 0 Å². The Hall–Kier alpha value is -1.10. The second-order valence-corrected chi connectivity index (χ2v) is 7.89. The molecule has 0 bridgehead atoms. The molecule has 5 nitrogen and oxygen atoms in total. The third-order valence-corrected chi connectivity index (χ3v) is 4.50. The maximum absolute atomic E-state index is 12.4. The van der Waals surface area contributed by atoms with Crippen LogP contribution in [0.5, 0.6) is 0 Å². The van der Waals surface area contributed by atoms with Gasteiger partial charge in [0.25, 0.3) is 0 Å². The first-order chi connectivity index (χ1) is 10.6. The lowest BCUT2D eigenvalue weighted by Crippen LogP contribution is -2.48. The monoisotopic (exact) mass is 327 g/mol. The first-order valence-electron chi connectivity index (χ1n) is 8.65. The van der Waals surface area contributed by atoms with Crippen LogP contribution in [0.2, 0.25) is 0 Å². The Morgan fingerprint density at radius 2 is 2.00 bits per heavy atom. The van der Waals surface area contributed by atoms with Gasteiger partial charge in [0.1, 0.15) is 11.4 Å². The standard InChI is InChI=1S/C18H33NO4/c1-12(2)13-7-8-16(20)14(11-13)15(9-10-22-6)19-17(21)23-18(3,4)5/h12-15H,7-11H2,1-6H3,(H,19,21). The Morgan fingerprint density at radius 1 is 1.35 bits per heavy atom. The van der Waals surface area contributed by atoms with Crippen molar-refractivity contribution in [3.8, 4) is 0 Å². The van der Waals surface area contributed by atoms with E-state index in [0.29, 0.717) is 31.3 Å². The lowest BCUT2D eigenvalue weighted by Gasteiger charge is -2.35. The van der Waals surface area contributed by atoms with Gasteiger partial charge in [0, 0.05) is 32.1 Å². The number of hydrogen-bond donors (Lipinski definition) is 1. The van der Waals surface area contributed by atoms with Crippen molar-refractivity contribution in [2.75, 3.05) is 13.7 Å². The molecule has 0 aliphatic heterocycles. The number of Topliss-reactive ketones (excluding diaryl/α,β-unsaturated/α-hetero) is 1. The first kappa shape index (κ1) is 19.9. The minimum atomic E-state index is -0.549. The highest BCUT2D eigenvalue weighted by Gasteiger charge is 2.36. The molecule has 0 aromatic rings. The van der Waals surface area contributed by atoms with Gasteiger partial charge in [-0.05, 0) is 51.9 Å². The normalized spacial score (nSPS) is 23.7. The van der Waals surface area contributed by atoms with Gasteiger partial charge in [-0.2, -0.15) is 0 Å². The van der Waals surface area contributed by atoms with Crippen molar-refractivity contribution in [3.05, 3.63) is 0 Å². The average Bonchev–Trinajstić information content (AvgIpc) is 2.41. The molecule has 1 aliphatic carbocycles. The van der Waals surface area contributed by atoms with E-state index in [0.717, 1.165) is 12.8 Å². The number of rotatable bonds is 6. The molecule has 0 aromatic heterocycles. The zero-order valence-corrected chi connectivity index (χ0v) is 15.5. The van der Waals surface area contributed by atoms with Crippen molar-refractivity contribution in [3.63, 3.8) is 0 Å². The van der Waals surface area contributed by atoms with E-state index in [-0.39, 0.29) is 17.7 Å². The molecule has 1 aliphatic rings. The number of methoxy groups -OCH3 is 1. The molecular weight excluding hydrogens is 294 g/mol. The van der Waals surface area contributed by atoms with Gasteiger partial charge in [-0.25, -0.2) is 4.79 Å². The smallest absolute Gasteiger partial charge is 0.407 e. The molecule has 1 fully saturated rings. The summed E-state index contributed by atoms with van der Waals surface area (Å²) in [5, 5.41) is 2.91. The van der Waals surface area contributed by atoms with Crippen LogP contribution in [-0.2, 0) is 14.3 Å². The van der Waals surface area contributed by atoms with Gasteiger partial charge in [0.2, 0.25) is 0 Å². The molecule has 134 valence electrons. The number of nitrogens with one attached hydrogen (secondary N) is 1. The number of carbonyl (C=O) groups is 2. The minimum absolute atomic E-state index is 0.140. The fraction of sp³-hybridized carbons (Fsp3) is 0.889. The van der Waals surface area contributed by atoms with Gasteiger partial charge in [-0.3, -0.25) is 4.79 Å². The van der Waals surface area contributed by atoms with Crippen LogP contribution in [0, 0.1) is 17.8 Å². The van der Waals surface area contributed by atoms with E-state index in [4.69, 9.17) is 9.47 Å². The van der Waals surface area contributed by atoms with E-state index < -0.39 is 11.7 Å². The van der Waals surface area contributed by atoms with Crippen LogP contribution in [-0.4, -0.2) is 37.2 Å². The molecule has 0 radical (unpaired) electrons.